The summed E-state index contributed by atoms with van der Waals surface area (Å²) >= 11 is 0. The third kappa shape index (κ3) is 3.98. The number of ether oxygens (including phenoxy) is 1. The third-order valence-corrected chi connectivity index (χ3v) is 5.01. The zero-order valence-electron chi connectivity index (χ0n) is 15.8. The first-order valence-corrected chi connectivity index (χ1v) is 9.17. The summed E-state index contributed by atoms with van der Waals surface area (Å²) in [7, 11) is 3.53. The fourth-order valence-electron chi connectivity index (χ4n) is 3.28. The molecule has 1 aliphatic rings. The van der Waals surface area contributed by atoms with Gasteiger partial charge in [0, 0.05) is 44.1 Å². The maximum atomic E-state index is 5.54. The van der Waals surface area contributed by atoms with Crippen LogP contribution in [0.3, 0.4) is 0 Å². The Labute approximate surface area is 154 Å². The van der Waals surface area contributed by atoms with E-state index in [0.29, 0.717) is 0 Å². The number of hydrogen-bond acceptors (Lipinski definition) is 4. The van der Waals surface area contributed by atoms with Crippen LogP contribution in [0.25, 0.3) is 0 Å². The van der Waals surface area contributed by atoms with Crippen molar-refractivity contribution in [1.29, 1.82) is 0 Å². The SMILES string of the molecule is CCc1nncn1CCNC(=NC)NCC1(c2ccccc2OC)CC1. The molecule has 1 saturated carbocycles. The highest BCUT2D eigenvalue weighted by Crippen LogP contribution is 2.50. The number of aromatic nitrogens is 3. The number of benzene rings is 1. The molecular formula is C19H28N6O. The van der Waals surface area contributed by atoms with Gasteiger partial charge < -0.3 is 19.9 Å². The van der Waals surface area contributed by atoms with E-state index in [1.54, 1.807) is 20.5 Å². The highest BCUT2D eigenvalue weighted by molar-refractivity contribution is 5.79. The number of methoxy groups -OCH3 is 1. The fourth-order valence-corrected chi connectivity index (χ4v) is 3.28. The molecule has 0 bridgehead atoms. The first kappa shape index (κ1) is 18.2. The molecule has 140 valence electrons. The van der Waals surface area contributed by atoms with Crippen molar-refractivity contribution in [2.24, 2.45) is 4.99 Å². The van der Waals surface area contributed by atoms with E-state index in [4.69, 9.17) is 4.74 Å². The largest absolute Gasteiger partial charge is 0.496 e. The number of hydrogen-bond donors (Lipinski definition) is 2. The minimum Gasteiger partial charge on any atom is -0.496 e. The molecular weight excluding hydrogens is 328 g/mol. The molecule has 7 heteroatoms. The van der Waals surface area contributed by atoms with Crippen molar-refractivity contribution in [3.05, 3.63) is 42.0 Å². The molecule has 0 atom stereocenters. The number of aliphatic imine (C=N–C) groups is 1. The van der Waals surface area contributed by atoms with Gasteiger partial charge in [-0.1, -0.05) is 25.1 Å². The minimum absolute atomic E-state index is 0.147. The minimum atomic E-state index is 0.147. The van der Waals surface area contributed by atoms with E-state index in [-0.39, 0.29) is 5.41 Å². The Bertz CT molecular complexity index is 750. The molecule has 0 aliphatic heterocycles. The highest BCUT2D eigenvalue weighted by atomic mass is 16.5. The summed E-state index contributed by atoms with van der Waals surface area (Å²) in [5.41, 5.74) is 1.43. The molecule has 0 saturated heterocycles. The quantitative estimate of drug-likeness (QED) is 0.557. The molecule has 1 aromatic carbocycles. The van der Waals surface area contributed by atoms with Gasteiger partial charge in [-0.3, -0.25) is 4.99 Å². The van der Waals surface area contributed by atoms with E-state index in [1.165, 1.54) is 5.56 Å². The number of aryl methyl sites for hydroxylation is 1. The van der Waals surface area contributed by atoms with Gasteiger partial charge >= 0.3 is 0 Å². The van der Waals surface area contributed by atoms with Gasteiger partial charge in [-0.05, 0) is 18.9 Å². The molecule has 0 radical (unpaired) electrons. The van der Waals surface area contributed by atoms with Gasteiger partial charge in [0.05, 0.1) is 7.11 Å². The number of rotatable bonds is 8. The first-order chi connectivity index (χ1) is 12.7. The van der Waals surface area contributed by atoms with Crippen LogP contribution < -0.4 is 15.4 Å². The predicted molar refractivity (Wildman–Crippen MR) is 103 cm³/mol. The van der Waals surface area contributed by atoms with Crippen LogP contribution in [0.2, 0.25) is 0 Å². The Balaban J connectivity index is 1.53. The van der Waals surface area contributed by atoms with Crippen molar-refractivity contribution < 1.29 is 4.74 Å². The Hall–Kier alpha value is -2.57. The van der Waals surface area contributed by atoms with E-state index >= 15 is 0 Å². The lowest BCUT2D eigenvalue weighted by atomic mass is 9.95. The zero-order chi connectivity index (χ0) is 18.4. The maximum absolute atomic E-state index is 5.54. The molecule has 3 rings (SSSR count). The monoisotopic (exact) mass is 356 g/mol. The van der Waals surface area contributed by atoms with E-state index < -0.39 is 0 Å². The van der Waals surface area contributed by atoms with Crippen LogP contribution in [0, 0.1) is 0 Å². The zero-order valence-corrected chi connectivity index (χ0v) is 15.8. The summed E-state index contributed by atoms with van der Waals surface area (Å²) in [5, 5.41) is 14.9. The molecule has 1 fully saturated rings. The van der Waals surface area contributed by atoms with Crippen LogP contribution in [0.5, 0.6) is 5.75 Å². The predicted octanol–water partition coefficient (Wildman–Crippen LogP) is 1.75. The van der Waals surface area contributed by atoms with E-state index in [9.17, 15) is 0 Å². The number of nitrogens with one attached hydrogen (secondary N) is 2. The number of para-hydroxylation sites is 1. The van der Waals surface area contributed by atoms with Crippen molar-refractivity contribution >= 4 is 5.96 Å². The molecule has 1 aromatic heterocycles. The fraction of sp³-hybridized carbons (Fsp3) is 0.526. The van der Waals surface area contributed by atoms with Crippen LogP contribution in [0.15, 0.2) is 35.6 Å². The van der Waals surface area contributed by atoms with Crippen LogP contribution in [0.4, 0.5) is 0 Å². The topological polar surface area (TPSA) is 76.4 Å². The molecule has 26 heavy (non-hydrogen) atoms. The molecule has 2 N–H and O–H groups in total. The summed E-state index contributed by atoms with van der Waals surface area (Å²) in [4.78, 5) is 4.34. The van der Waals surface area contributed by atoms with Crippen molar-refractivity contribution in [3.63, 3.8) is 0 Å². The van der Waals surface area contributed by atoms with E-state index in [2.05, 4.69) is 49.4 Å². The summed E-state index contributed by atoms with van der Waals surface area (Å²) < 4.78 is 7.61. The van der Waals surface area contributed by atoms with Crippen molar-refractivity contribution in [3.8, 4) is 5.75 Å². The van der Waals surface area contributed by atoms with Gasteiger partial charge in [0.15, 0.2) is 5.96 Å². The van der Waals surface area contributed by atoms with Crippen LogP contribution in [-0.4, -0.2) is 48.0 Å². The van der Waals surface area contributed by atoms with Crippen LogP contribution in [0.1, 0.15) is 31.2 Å². The van der Waals surface area contributed by atoms with Gasteiger partial charge in [0.25, 0.3) is 0 Å². The van der Waals surface area contributed by atoms with Gasteiger partial charge in [-0.15, -0.1) is 10.2 Å². The van der Waals surface area contributed by atoms with Gasteiger partial charge in [0.2, 0.25) is 0 Å². The Kier molecular flexibility index (Phi) is 5.75. The molecule has 2 aromatic rings. The van der Waals surface area contributed by atoms with Crippen molar-refractivity contribution in [2.75, 3.05) is 27.2 Å². The molecule has 7 nitrogen and oxygen atoms in total. The second-order valence-corrected chi connectivity index (χ2v) is 6.63. The van der Waals surface area contributed by atoms with Gasteiger partial charge in [-0.2, -0.15) is 0 Å². The van der Waals surface area contributed by atoms with Gasteiger partial charge in [0.1, 0.15) is 17.9 Å². The molecule has 0 unspecified atom stereocenters. The number of nitrogens with zero attached hydrogens (tertiary/aromatic N) is 4. The van der Waals surface area contributed by atoms with E-state index in [1.807, 2.05) is 12.1 Å². The van der Waals surface area contributed by atoms with Crippen molar-refractivity contribution in [2.45, 2.75) is 38.1 Å². The molecule has 1 aliphatic carbocycles. The lowest BCUT2D eigenvalue weighted by molar-refractivity contribution is 0.403. The summed E-state index contributed by atoms with van der Waals surface area (Å²) in [6.07, 6.45) is 4.99. The highest BCUT2D eigenvalue weighted by Gasteiger charge is 2.46. The number of guanidine groups is 1. The molecule has 0 spiro atoms. The standard InChI is InChI=1S/C19H28N6O/c1-4-17-24-23-14-25(17)12-11-21-18(20-2)22-13-19(9-10-19)15-7-5-6-8-16(15)26-3/h5-8,14H,4,9-13H2,1-3H3,(H2,20,21,22). The average molecular weight is 356 g/mol. The maximum Gasteiger partial charge on any atom is 0.191 e. The molecule has 1 heterocycles. The lowest BCUT2D eigenvalue weighted by Crippen LogP contribution is -2.42. The van der Waals surface area contributed by atoms with E-state index in [0.717, 1.165) is 56.4 Å². The van der Waals surface area contributed by atoms with Crippen LogP contribution in [-0.2, 0) is 18.4 Å². The van der Waals surface area contributed by atoms with Gasteiger partial charge in [-0.25, -0.2) is 0 Å². The second kappa shape index (κ2) is 8.21. The summed E-state index contributed by atoms with van der Waals surface area (Å²) in [6, 6.07) is 8.30. The lowest BCUT2D eigenvalue weighted by Gasteiger charge is -2.21. The normalized spacial score (nSPS) is 15.6. The van der Waals surface area contributed by atoms with Crippen molar-refractivity contribution in [1.82, 2.24) is 25.4 Å². The Morgan fingerprint density at radius 2 is 2.12 bits per heavy atom. The summed E-state index contributed by atoms with van der Waals surface area (Å²) in [6.45, 7) is 4.52. The summed E-state index contributed by atoms with van der Waals surface area (Å²) in [5.74, 6) is 2.79. The Morgan fingerprint density at radius 1 is 1.31 bits per heavy atom. The smallest absolute Gasteiger partial charge is 0.191 e. The Morgan fingerprint density at radius 3 is 2.81 bits per heavy atom. The molecule has 0 amide bonds. The second-order valence-electron chi connectivity index (χ2n) is 6.63. The average Bonchev–Trinajstić information content (AvgIpc) is 3.34. The third-order valence-electron chi connectivity index (χ3n) is 5.01. The van der Waals surface area contributed by atoms with Crippen LogP contribution >= 0.6 is 0 Å². The first-order valence-electron chi connectivity index (χ1n) is 9.17.